The maximum absolute atomic E-state index is 11.3. The van der Waals surface area contributed by atoms with E-state index >= 15 is 0 Å². The van der Waals surface area contributed by atoms with Gasteiger partial charge in [0.2, 0.25) is 11.8 Å². The molecule has 0 fully saturated rings. The smallest absolute Gasteiger partial charge is 0.239 e. The number of carbonyl (C=O) groups excluding carboxylic acids is 2. The first-order valence-corrected chi connectivity index (χ1v) is 6.07. The summed E-state index contributed by atoms with van der Waals surface area (Å²) in [4.78, 5) is 22.1. The Hall–Kier alpha value is -1.92. The van der Waals surface area contributed by atoms with E-state index < -0.39 is 0 Å². The summed E-state index contributed by atoms with van der Waals surface area (Å²) in [5.74, 6) is -0.611. The van der Waals surface area contributed by atoms with Gasteiger partial charge in [0.05, 0.1) is 26.3 Å². The molecule has 19 heavy (non-hydrogen) atoms. The maximum atomic E-state index is 11.3. The number of carbonyl (C=O) groups is 2. The molecular formula is C13H19N3O3. The first-order chi connectivity index (χ1) is 9.22. The third-order valence-corrected chi connectivity index (χ3v) is 2.31. The van der Waals surface area contributed by atoms with Gasteiger partial charge in [-0.1, -0.05) is 30.3 Å². The van der Waals surface area contributed by atoms with Crippen LogP contribution in [0.5, 0.6) is 0 Å². The number of amides is 2. The molecule has 1 rings (SSSR count). The van der Waals surface area contributed by atoms with Crippen molar-refractivity contribution in [3.8, 4) is 0 Å². The van der Waals surface area contributed by atoms with Crippen molar-refractivity contribution in [2.24, 2.45) is 5.73 Å². The predicted molar refractivity (Wildman–Crippen MR) is 71.2 cm³/mol. The van der Waals surface area contributed by atoms with Crippen LogP contribution in [-0.2, 0) is 20.9 Å². The van der Waals surface area contributed by atoms with Gasteiger partial charge in [0.1, 0.15) is 0 Å². The molecule has 0 heterocycles. The van der Waals surface area contributed by atoms with Crippen LogP contribution in [0.4, 0.5) is 0 Å². The predicted octanol–water partition coefficient (Wildman–Crippen LogP) is -0.606. The normalized spacial score (nSPS) is 9.95. The van der Waals surface area contributed by atoms with E-state index in [1.165, 1.54) is 0 Å². The summed E-state index contributed by atoms with van der Waals surface area (Å²) in [6, 6.07) is 9.78. The van der Waals surface area contributed by atoms with Crippen LogP contribution in [0.3, 0.4) is 0 Å². The minimum atomic E-state index is -0.351. The SMILES string of the molecule is NCC(=O)NCC(=O)NCCOCc1ccccc1. The summed E-state index contributed by atoms with van der Waals surface area (Å²) in [6.45, 7) is 1.17. The Morgan fingerprint density at radius 3 is 2.53 bits per heavy atom. The van der Waals surface area contributed by atoms with Crippen molar-refractivity contribution in [3.05, 3.63) is 35.9 Å². The van der Waals surface area contributed by atoms with Gasteiger partial charge in [-0.05, 0) is 5.56 Å². The number of nitrogens with one attached hydrogen (secondary N) is 2. The zero-order chi connectivity index (χ0) is 13.9. The average Bonchev–Trinajstić information content (AvgIpc) is 2.45. The largest absolute Gasteiger partial charge is 0.375 e. The highest BCUT2D eigenvalue weighted by molar-refractivity contribution is 5.85. The van der Waals surface area contributed by atoms with Crippen LogP contribution in [-0.4, -0.2) is 38.1 Å². The lowest BCUT2D eigenvalue weighted by Gasteiger charge is -2.07. The summed E-state index contributed by atoms with van der Waals surface area (Å²) in [5, 5.41) is 5.01. The highest BCUT2D eigenvalue weighted by atomic mass is 16.5. The van der Waals surface area contributed by atoms with Gasteiger partial charge in [-0.25, -0.2) is 0 Å². The second-order valence-electron chi connectivity index (χ2n) is 3.87. The summed E-state index contributed by atoms with van der Waals surface area (Å²) in [6.07, 6.45) is 0. The summed E-state index contributed by atoms with van der Waals surface area (Å²) in [5.41, 5.74) is 6.18. The fraction of sp³-hybridized carbons (Fsp3) is 0.385. The van der Waals surface area contributed by atoms with Gasteiger partial charge < -0.3 is 21.1 Å². The fourth-order valence-corrected chi connectivity index (χ4v) is 1.34. The van der Waals surface area contributed by atoms with Crippen LogP contribution in [0, 0.1) is 0 Å². The monoisotopic (exact) mass is 265 g/mol. The highest BCUT2D eigenvalue weighted by Crippen LogP contribution is 1.99. The second-order valence-corrected chi connectivity index (χ2v) is 3.87. The molecule has 0 aliphatic rings. The Kier molecular flexibility index (Phi) is 7.23. The van der Waals surface area contributed by atoms with Gasteiger partial charge in [-0.2, -0.15) is 0 Å². The second kappa shape index (κ2) is 9.07. The molecule has 0 spiro atoms. The minimum Gasteiger partial charge on any atom is -0.375 e. The molecule has 6 nitrogen and oxygen atoms in total. The van der Waals surface area contributed by atoms with Crippen molar-refractivity contribution in [2.75, 3.05) is 26.2 Å². The van der Waals surface area contributed by atoms with Crippen LogP contribution < -0.4 is 16.4 Å². The quantitative estimate of drug-likeness (QED) is 0.547. The molecule has 0 unspecified atom stereocenters. The third kappa shape index (κ3) is 7.17. The lowest BCUT2D eigenvalue weighted by molar-refractivity contribution is -0.125. The topological polar surface area (TPSA) is 93.5 Å². The number of benzene rings is 1. The Balaban J connectivity index is 2.01. The molecule has 104 valence electrons. The summed E-state index contributed by atoms with van der Waals surface area (Å²) >= 11 is 0. The first kappa shape index (κ1) is 15.1. The van der Waals surface area contributed by atoms with E-state index in [1.807, 2.05) is 30.3 Å². The van der Waals surface area contributed by atoms with E-state index in [0.29, 0.717) is 19.8 Å². The lowest BCUT2D eigenvalue weighted by atomic mass is 10.2. The van der Waals surface area contributed by atoms with E-state index in [4.69, 9.17) is 10.5 Å². The van der Waals surface area contributed by atoms with E-state index in [-0.39, 0.29) is 24.9 Å². The van der Waals surface area contributed by atoms with Gasteiger partial charge in [-0.15, -0.1) is 0 Å². The average molecular weight is 265 g/mol. The number of ether oxygens (including phenoxy) is 1. The van der Waals surface area contributed by atoms with Crippen molar-refractivity contribution in [1.82, 2.24) is 10.6 Å². The molecule has 0 bridgehead atoms. The van der Waals surface area contributed by atoms with Crippen molar-refractivity contribution < 1.29 is 14.3 Å². The zero-order valence-corrected chi connectivity index (χ0v) is 10.7. The Morgan fingerprint density at radius 1 is 1.11 bits per heavy atom. The third-order valence-electron chi connectivity index (χ3n) is 2.31. The Bertz CT molecular complexity index is 395. The van der Waals surface area contributed by atoms with E-state index in [9.17, 15) is 9.59 Å². The van der Waals surface area contributed by atoms with Gasteiger partial charge in [0, 0.05) is 6.54 Å². The van der Waals surface area contributed by atoms with Crippen LogP contribution in [0.15, 0.2) is 30.3 Å². The molecule has 1 aromatic carbocycles. The van der Waals surface area contributed by atoms with E-state index in [0.717, 1.165) is 5.56 Å². The molecule has 1 aromatic rings. The van der Waals surface area contributed by atoms with Crippen molar-refractivity contribution >= 4 is 11.8 Å². The van der Waals surface area contributed by atoms with Crippen molar-refractivity contribution in [2.45, 2.75) is 6.61 Å². The minimum absolute atomic E-state index is 0.0608. The molecule has 0 atom stereocenters. The molecule has 0 saturated heterocycles. The Labute approximate surface area is 112 Å². The van der Waals surface area contributed by atoms with Gasteiger partial charge in [-0.3, -0.25) is 9.59 Å². The fourth-order valence-electron chi connectivity index (χ4n) is 1.34. The molecule has 0 radical (unpaired) electrons. The molecule has 0 aromatic heterocycles. The number of rotatable bonds is 8. The van der Waals surface area contributed by atoms with Crippen molar-refractivity contribution in [3.63, 3.8) is 0 Å². The zero-order valence-electron chi connectivity index (χ0n) is 10.7. The Morgan fingerprint density at radius 2 is 1.84 bits per heavy atom. The maximum Gasteiger partial charge on any atom is 0.239 e. The molecule has 0 aliphatic carbocycles. The lowest BCUT2D eigenvalue weighted by Crippen LogP contribution is -2.40. The summed E-state index contributed by atoms with van der Waals surface area (Å²) in [7, 11) is 0. The first-order valence-electron chi connectivity index (χ1n) is 6.07. The van der Waals surface area contributed by atoms with E-state index in [1.54, 1.807) is 0 Å². The number of hydrogen-bond acceptors (Lipinski definition) is 4. The molecule has 2 amide bonds. The standard InChI is InChI=1S/C13H19N3O3/c14-8-12(17)16-9-13(18)15-6-7-19-10-11-4-2-1-3-5-11/h1-5H,6-10,14H2,(H,15,18)(H,16,17). The van der Waals surface area contributed by atoms with Crippen LogP contribution in [0.2, 0.25) is 0 Å². The van der Waals surface area contributed by atoms with Gasteiger partial charge in [0.15, 0.2) is 0 Å². The number of hydrogen-bond donors (Lipinski definition) is 3. The highest BCUT2D eigenvalue weighted by Gasteiger charge is 2.02. The van der Waals surface area contributed by atoms with Crippen LogP contribution in [0.25, 0.3) is 0 Å². The summed E-state index contributed by atoms with van der Waals surface area (Å²) < 4.78 is 5.39. The van der Waals surface area contributed by atoms with Crippen LogP contribution in [0.1, 0.15) is 5.56 Å². The molecular weight excluding hydrogens is 246 g/mol. The molecule has 6 heteroatoms. The number of nitrogens with two attached hydrogens (primary N) is 1. The van der Waals surface area contributed by atoms with Crippen LogP contribution >= 0.6 is 0 Å². The van der Waals surface area contributed by atoms with E-state index in [2.05, 4.69) is 10.6 Å². The van der Waals surface area contributed by atoms with Gasteiger partial charge >= 0.3 is 0 Å². The molecule has 0 aliphatic heterocycles. The van der Waals surface area contributed by atoms with Crippen molar-refractivity contribution in [1.29, 1.82) is 0 Å². The molecule has 4 N–H and O–H groups in total. The van der Waals surface area contributed by atoms with Gasteiger partial charge in [0.25, 0.3) is 0 Å². The molecule has 0 saturated carbocycles.